The van der Waals surface area contributed by atoms with E-state index in [-0.39, 0.29) is 36.9 Å². The monoisotopic (exact) mass is 298 g/mol. The Hall–Kier alpha value is -0.230. The van der Waals surface area contributed by atoms with Crippen LogP contribution in [0.1, 0.15) is 12.8 Å². The topological polar surface area (TPSA) is 52.8 Å². The number of nitrogens with zero attached hydrogens (tertiary/aromatic N) is 3. The maximum atomic E-state index is 12.2. The van der Waals surface area contributed by atoms with Crippen molar-refractivity contribution in [2.24, 2.45) is 5.73 Å². The number of carbonyl (C=O) groups is 1. The minimum atomic E-state index is 0. The zero-order valence-corrected chi connectivity index (χ0v) is 12.5. The van der Waals surface area contributed by atoms with Crippen molar-refractivity contribution in [2.75, 3.05) is 46.3 Å². The van der Waals surface area contributed by atoms with Gasteiger partial charge in [-0.2, -0.15) is 0 Å². The fourth-order valence-corrected chi connectivity index (χ4v) is 2.29. The summed E-state index contributed by atoms with van der Waals surface area (Å²) in [5, 5.41) is 0. The maximum Gasteiger partial charge on any atom is 0.320 e. The van der Waals surface area contributed by atoms with Gasteiger partial charge in [0.15, 0.2) is 0 Å². The van der Waals surface area contributed by atoms with E-state index in [2.05, 4.69) is 11.9 Å². The molecule has 0 aromatic rings. The molecule has 2 aliphatic rings. The molecule has 18 heavy (non-hydrogen) atoms. The average molecular weight is 299 g/mol. The van der Waals surface area contributed by atoms with Crippen LogP contribution in [0, 0.1) is 0 Å². The molecular weight excluding hydrogens is 275 g/mol. The van der Waals surface area contributed by atoms with Crippen LogP contribution in [0.2, 0.25) is 0 Å². The lowest BCUT2D eigenvalue weighted by Gasteiger charge is -2.38. The van der Waals surface area contributed by atoms with Gasteiger partial charge in [-0.1, -0.05) is 0 Å². The molecule has 2 heterocycles. The van der Waals surface area contributed by atoms with Crippen LogP contribution in [-0.2, 0) is 0 Å². The molecule has 0 saturated carbocycles. The summed E-state index contributed by atoms with van der Waals surface area (Å²) in [6, 6.07) is 0.497. The molecule has 5 nitrogen and oxygen atoms in total. The van der Waals surface area contributed by atoms with E-state index in [0.29, 0.717) is 0 Å². The molecule has 0 spiro atoms. The first-order chi connectivity index (χ1) is 7.66. The summed E-state index contributed by atoms with van der Waals surface area (Å²) >= 11 is 0. The summed E-state index contributed by atoms with van der Waals surface area (Å²) in [5.74, 6) is 0. The third-order valence-electron chi connectivity index (χ3n) is 3.58. The van der Waals surface area contributed by atoms with E-state index in [4.69, 9.17) is 5.73 Å². The van der Waals surface area contributed by atoms with Crippen molar-refractivity contribution in [3.05, 3.63) is 0 Å². The number of nitrogens with two attached hydrogens (primary N) is 1. The summed E-state index contributed by atoms with van der Waals surface area (Å²) < 4.78 is 0. The fraction of sp³-hybridized carbons (Fsp3) is 0.909. The molecule has 7 heteroatoms. The Kier molecular flexibility index (Phi) is 7.94. The van der Waals surface area contributed by atoms with Gasteiger partial charge < -0.3 is 20.4 Å². The van der Waals surface area contributed by atoms with Crippen molar-refractivity contribution in [2.45, 2.75) is 18.9 Å². The van der Waals surface area contributed by atoms with Gasteiger partial charge in [0.05, 0.1) is 0 Å². The number of piperazine rings is 1. The first kappa shape index (κ1) is 17.8. The van der Waals surface area contributed by atoms with Crippen molar-refractivity contribution in [3.8, 4) is 0 Å². The molecule has 2 saturated heterocycles. The second kappa shape index (κ2) is 8.04. The van der Waals surface area contributed by atoms with E-state index < -0.39 is 0 Å². The molecule has 108 valence electrons. The largest absolute Gasteiger partial charge is 0.328 e. The summed E-state index contributed by atoms with van der Waals surface area (Å²) in [6.07, 6.45) is 1.89. The molecule has 2 aliphatic heterocycles. The Morgan fingerprint density at radius 1 is 0.944 bits per heavy atom. The molecule has 0 aliphatic carbocycles. The molecule has 0 aromatic heterocycles. The molecule has 2 amide bonds. The summed E-state index contributed by atoms with van der Waals surface area (Å²) in [7, 11) is 2.10. The number of carbonyl (C=O) groups excluding carboxylic acids is 1. The third-order valence-corrected chi connectivity index (χ3v) is 3.58. The highest BCUT2D eigenvalue weighted by Gasteiger charge is 2.26. The molecule has 0 radical (unpaired) electrons. The quantitative estimate of drug-likeness (QED) is 0.713. The lowest BCUT2D eigenvalue weighted by atomic mass is 10.1. The molecule has 0 unspecified atom stereocenters. The van der Waals surface area contributed by atoms with Gasteiger partial charge in [0.25, 0.3) is 0 Å². The number of likely N-dealkylation sites (tertiary alicyclic amines) is 1. The van der Waals surface area contributed by atoms with Crippen molar-refractivity contribution in [1.82, 2.24) is 14.7 Å². The lowest BCUT2D eigenvalue weighted by molar-refractivity contribution is 0.114. The van der Waals surface area contributed by atoms with Crippen LogP contribution in [0.15, 0.2) is 0 Å². The fourth-order valence-electron chi connectivity index (χ4n) is 2.29. The summed E-state index contributed by atoms with van der Waals surface area (Å²) in [5.41, 5.74) is 5.84. The van der Waals surface area contributed by atoms with Crippen LogP contribution in [0.4, 0.5) is 4.79 Å². The van der Waals surface area contributed by atoms with Crippen LogP contribution in [-0.4, -0.2) is 73.1 Å². The Morgan fingerprint density at radius 3 is 1.89 bits per heavy atom. The van der Waals surface area contributed by atoms with Crippen LogP contribution < -0.4 is 5.73 Å². The number of amides is 2. The number of halogens is 2. The number of piperidine rings is 1. The van der Waals surface area contributed by atoms with Crippen molar-refractivity contribution in [1.29, 1.82) is 0 Å². The molecule has 0 aromatic carbocycles. The zero-order chi connectivity index (χ0) is 11.5. The summed E-state index contributed by atoms with van der Waals surface area (Å²) in [4.78, 5) is 18.3. The highest BCUT2D eigenvalue weighted by atomic mass is 35.5. The first-order valence-corrected chi connectivity index (χ1v) is 6.15. The van der Waals surface area contributed by atoms with E-state index in [1.165, 1.54) is 0 Å². The van der Waals surface area contributed by atoms with Gasteiger partial charge in [-0.15, -0.1) is 24.8 Å². The van der Waals surface area contributed by atoms with E-state index in [9.17, 15) is 4.79 Å². The van der Waals surface area contributed by atoms with E-state index in [0.717, 1.165) is 52.1 Å². The third kappa shape index (κ3) is 4.46. The Labute approximate surface area is 121 Å². The minimum absolute atomic E-state index is 0. The molecule has 2 fully saturated rings. The van der Waals surface area contributed by atoms with Crippen molar-refractivity contribution in [3.63, 3.8) is 0 Å². The van der Waals surface area contributed by atoms with Crippen molar-refractivity contribution < 1.29 is 4.79 Å². The molecule has 2 N–H and O–H groups in total. The van der Waals surface area contributed by atoms with Gasteiger partial charge in [-0.05, 0) is 19.9 Å². The van der Waals surface area contributed by atoms with Gasteiger partial charge in [-0.3, -0.25) is 0 Å². The zero-order valence-electron chi connectivity index (χ0n) is 10.9. The number of hydrogen-bond donors (Lipinski definition) is 1. The first-order valence-electron chi connectivity index (χ1n) is 6.15. The van der Waals surface area contributed by atoms with Gasteiger partial charge >= 0.3 is 6.03 Å². The Balaban J connectivity index is 0.00000144. The van der Waals surface area contributed by atoms with Crippen LogP contribution in [0.25, 0.3) is 0 Å². The highest BCUT2D eigenvalue weighted by molar-refractivity contribution is 5.85. The van der Waals surface area contributed by atoms with Gasteiger partial charge in [0, 0.05) is 45.3 Å². The summed E-state index contributed by atoms with van der Waals surface area (Å²) in [6.45, 7) is 5.34. The molecular formula is C11H24Cl2N4O. The predicted molar refractivity (Wildman–Crippen MR) is 77.7 cm³/mol. The van der Waals surface area contributed by atoms with Gasteiger partial charge in [0.1, 0.15) is 0 Å². The van der Waals surface area contributed by atoms with Crippen LogP contribution in [0.5, 0.6) is 0 Å². The predicted octanol–water partition coefficient (Wildman–Crippen LogP) is 0.621. The highest BCUT2D eigenvalue weighted by Crippen LogP contribution is 2.12. The van der Waals surface area contributed by atoms with Gasteiger partial charge in [0.2, 0.25) is 0 Å². The number of likely N-dealkylation sites (N-methyl/N-ethyl adjacent to an activating group) is 1. The molecule has 0 atom stereocenters. The number of rotatable bonds is 0. The van der Waals surface area contributed by atoms with Crippen LogP contribution in [0.3, 0.4) is 0 Å². The number of hydrogen-bond acceptors (Lipinski definition) is 3. The maximum absolute atomic E-state index is 12.2. The smallest absolute Gasteiger partial charge is 0.320 e. The Bertz CT molecular complexity index is 227. The minimum Gasteiger partial charge on any atom is -0.328 e. The van der Waals surface area contributed by atoms with Crippen molar-refractivity contribution >= 4 is 30.8 Å². The van der Waals surface area contributed by atoms with Gasteiger partial charge in [-0.25, -0.2) is 4.79 Å². The van der Waals surface area contributed by atoms with E-state index >= 15 is 0 Å². The second-order valence-electron chi connectivity index (χ2n) is 4.90. The SMILES string of the molecule is CN1CCN(C(=O)N2CCC(N)CC2)CC1.Cl.Cl. The van der Waals surface area contributed by atoms with E-state index in [1.54, 1.807) is 0 Å². The standard InChI is InChI=1S/C11H22N4O.2ClH/c1-13-6-8-15(9-7-13)11(16)14-4-2-10(12)3-5-14;;/h10H,2-9,12H2,1H3;2*1H. The van der Waals surface area contributed by atoms with E-state index in [1.807, 2.05) is 9.80 Å². The van der Waals surface area contributed by atoms with Crippen LogP contribution >= 0.6 is 24.8 Å². The lowest BCUT2D eigenvalue weighted by Crippen LogP contribution is -2.54. The number of urea groups is 1. The molecule has 0 bridgehead atoms. The average Bonchev–Trinajstić information content (AvgIpc) is 2.30. The molecule has 2 rings (SSSR count). The normalized spacial score (nSPS) is 22.1. The Morgan fingerprint density at radius 2 is 1.39 bits per heavy atom. The second-order valence-corrected chi connectivity index (χ2v) is 4.90.